The van der Waals surface area contributed by atoms with Crippen molar-refractivity contribution in [2.45, 2.75) is 38.6 Å². The number of hydrogen-bond donors (Lipinski definition) is 1. The van der Waals surface area contributed by atoms with Crippen molar-refractivity contribution in [3.8, 4) is 11.5 Å². The predicted octanol–water partition coefficient (Wildman–Crippen LogP) is 1.66. The van der Waals surface area contributed by atoms with Crippen LogP contribution in [0.25, 0.3) is 0 Å². The van der Waals surface area contributed by atoms with E-state index >= 15 is 0 Å². The molecule has 136 valence electrons. The normalized spacial score (nSPS) is 22.9. The summed E-state index contributed by atoms with van der Waals surface area (Å²) in [4.78, 5) is 25.5. The van der Waals surface area contributed by atoms with Crippen LogP contribution in [0.15, 0.2) is 18.2 Å². The van der Waals surface area contributed by atoms with E-state index in [-0.39, 0.29) is 11.7 Å². The van der Waals surface area contributed by atoms with Crippen LogP contribution < -0.4 is 9.47 Å². The van der Waals surface area contributed by atoms with Gasteiger partial charge in [-0.1, -0.05) is 13.8 Å². The highest BCUT2D eigenvalue weighted by Crippen LogP contribution is 2.41. The molecular formula is C17H24BNO6. The van der Waals surface area contributed by atoms with Crippen molar-refractivity contribution in [1.82, 2.24) is 4.90 Å². The van der Waals surface area contributed by atoms with Crippen molar-refractivity contribution in [3.63, 3.8) is 0 Å². The van der Waals surface area contributed by atoms with Crippen molar-refractivity contribution in [2.24, 2.45) is 5.92 Å². The number of hydrogen-bond acceptors (Lipinski definition) is 5. The van der Waals surface area contributed by atoms with Gasteiger partial charge in [-0.2, -0.15) is 0 Å². The van der Waals surface area contributed by atoms with Crippen LogP contribution in [-0.4, -0.2) is 56.0 Å². The summed E-state index contributed by atoms with van der Waals surface area (Å²) < 4.78 is 16.4. The van der Waals surface area contributed by atoms with Crippen molar-refractivity contribution in [2.75, 3.05) is 14.2 Å². The van der Waals surface area contributed by atoms with Gasteiger partial charge in [-0.15, -0.1) is 0 Å². The Morgan fingerprint density at radius 3 is 2.48 bits per heavy atom. The van der Waals surface area contributed by atoms with Gasteiger partial charge in [0.1, 0.15) is 11.5 Å². The molecule has 1 aromatic rings. The van der Waals surface area contributed by atoms with Gasteiger partial charge in [-0.3, -0.25) is 4.79 Å². The van der Waals surface area contributed by atoms with E-state index < -0.39 is 24.3 Å². The topological polar surface area (TPSA) is 85.3 Å². The van der Waals surface area contributed by atoms with Crippen LogP contribution >= 0.6 is 0 Å². The number of rotatable bonds is 6. The molecule has 1 N–H and O–H groups in total. The fourth-order valence-electron chi connectivity index (χ4n) is 3.20. The first-order valence-electron chi connectivity index (χ1n) is 8.19. The summed E-state index contributed by atoms with van der Waals surface area (Å²) in [5.41, 5.74) is 0.594. The summed E-state index contributed by atoms with van der Waals surface area (Å²) in [6.07, 6.45) is -1.36. The average molecular weight is 349 g/mol. The Morgan fingerprint density at radius 1 is 1.32 bits per heavy atom. The van der Waals surface area contributed by atoms with E-state index in [9.17, 15) is 14.7 Å². The second-order valence-electron chi connectivity index (χ2n) is 6.48. The lowest BCUT2D eigenvalue weighted by Crippen LogP contribution is -2.43. The van der Waals surface area contributed by atoms with Crippen molar-refractivity contribution >= 4 is 19.6 Å². The zero-order valence-corrected chi connectivity index (χ0v) is 15.2. The van der Waals surface area contributed by atoms with E-state index in [2.05, 4.69) is 0 Å². The minimum atomic E-state index is -1.08. The van der Waals surface area contributed by atoms with Crippen molar-refractivity contribution < 1.29 is 28.9 Å². The summed E-state index contributed by atoms with van der Waals surface area (Å²) in [6.45, 7) is 3.97. The monoisotopic (exact) mass is 349 g/mol. The van der Waals surface area contributed by atoms with E-state index in [0.717, 1.165) is 0 Å². The second-order valence-corrected chi connectivity index (χ2v) is 6.48. The zero-order valence-electron chi connectivity index (χ0n) is 15.2. The highest BCUT2D eigenvalue weighted by molar-refractivity contribution is 6.57. The van der Waals surface area contributed by atoms with Crippen LogP contribution in [0, 0.1) is 5.92 Å². The summed E-state index contributed by atoms with van der Waals surface area (Å²) >= 11 is 0. The molecule has 0 bridgehead atoms. The number of benzene rings is 1. The minimum Gasteiger partial charge on any atom is -0.497 e. The third-order valence-electron chi connectivity index (χ3n) is 4.26. The van der Waals surface area contributed by atoms with Crippen molar-refractivity contribution in [1.29, 1.82) is 0 Å². The Kier molecular flexibility index (Phi) is 5.95. The van der Waals surface area contributed by atoms with Gasteiger partial charge in [-0.25, -0.2) is 4.79 Å². The molecule has 25 heavy (non-hydrogen) atoms. The summed E-state index contributed by atoms with van der Waals surface area (Å²) in [5, 5.41) is 9.56. The first kappa shape index (κ1) is 19.1. The number of methoxy groups -OCH3 is 2. The number of amides is 1. The van der Waals surface area contributed by atoms with E-state index in [1.807, 2.05) is 13.8 Å². The van der Waals surface area contributed by atoms with Crippen LogP contribution in [0.2, 0.25) is 0 Å². The molecule has 1 heterocycles. The smallest absolute Gasteiger partial charge is 0.335 e. The average Bonchev–Trinajstić information content (AvgIpc) is 2.92. The van der Waals surface area contributed by atoms with Gasteiger partial charge in [-0.05, 0) is 24.5 Å². The van der Waals surface area contributed by atoms with Gasteiger partial charge in [0.2, 0.25) is 7.85 Å². The Bertz CT molecular complexity index is 650. The molecule has 1 saturated heterocycles. The molecule has 3 atom stereocenters. The number of carbonyl (C=O) groups is 2. The van der Waals surface area contributed by atoms with E-state index in [1.54, 1.807) is 25.3 Å². The maximum Gasteiger partial charge on any atom is 0.335 e. The molecule has 0 saturated carbocycles. The number of nitrogens with zero attached hydrogens (tertiary/aromatic N) is 1. The van der Waals surface area contributed by atoms with E-state index in [1.165, 1.54) is 19.9 Å². The van der Waals surface area contributed by atoms with Crippen LogP contribution in [0.4, 0.5) is 4.79 Å². The largest absolute Gasteiger partial charge is 0.497 e. The molecule has 1 aliphatic rings. The quantitative estimate of drug-likeness (QED) is 0.786. The number of ether oxygens (including phenoxy) is 3. The SMILES string of the molecule is BC(=O)N1C(c2ccc(OC)cc2OC)O[C@H](C(=O)O)[C@@H]1CC(C)C. The summed E-state index contributed by atoms with van der Waals surface area (Å²) in [6, 6.07) is 4.61. The first-order valence-corrected chi connectivity index (χ1v) is 8.19. The van der Waals surface area contributed by atoms with Crippen LogP contribution in [0.5, 0.6) is 11.5 Å². The number of carboxylic acid groups (broad SMARTS) is 1. The maximum absolute atomic E-state index is 12.3. The fraction of sp³-hybridized carbons (Fsp3) is 0.529. The molecule has 0 radical (unpaired) electrons. The highest BCUT2D eigenvalue weighted by atomic mass is 16.6. The lowest BCUT2D eigenvalue weighted by molar-refractivity contribution is -0.150. The van der Waals surface area contributed by atoms with Gasteiger partial charge in [0, 0.05) is 11.6 Å². The lowest BCUT2D eigenvalue weighted by Gasteiger charge is -2.29. The summed E-state index contributed by atoms with van der Waals surface area (Å²) in [7, 11) is 4.47. The molecule has 1 aliphatic heterocycles. The lowest BCUT2D eigenvalue weighted by atomic mass is 9.95. The number of aliphatic carboxylic acids is 1. The highest BCUT2D eigenvalue weighted by Gasteiger charge is 2.48. The van der Waals surface area contributed by atoms with Gasteiger partial charge in [0.25, 0.3) is 0 Å². The molecule has 2 rings (SSSR count). The second kappa shape index (κ2) is 7.78. The van der Waals surface area contributed by atoms with Crippen LogP contribution in [0.3, 0.4) is 0 Å². The molecular weight excluding hydrogens is 325 g/mol. The number of carbonyl (C=O) groups excluding carboxylic acids is 1. The first-order chi connectivity index (χ1) is 11.8. The third kappa shape index (κ3) is 3.90. The third-order valence-corrected chi connectivity index (χ3v) is 4.26. The van der Waals surface area contributed by atoms with Gasteiger partial charge < -0.3 is 24.2 Å². The molecule has 7 nitrogen and oxygen atoms in total. The summed E-state index contributed by atoms with van der Waals surface area (Å²) in [5.74, 6) is -0.0237. The van der Waals surface area contributed by atoms with Crippen molar-refractivity contribution in [3.05, 3.63) is 23.8 Å². The van der Waals surface area contributed by atoms with Crippen LogP contribution in [-0.2, 0) is 9.53 Å². The number of carboxylic acids is 1. The zero-order chi connectivity index (χ0) is 18.7. The fourth-order valence-corrected chi connectivity index (χ4v) is 3.20. The standard InChI is InChI=1S/C17H24BNO6/c1-9(2)7-12-14(16(20)21)25-15(19(12)17(18)22)11-6-5-10(23-3)8-13(11)24-4/h5-6,8-9,12,14-15H,7,18H2,1-4H3,(H,20,21)/t12-,14-,15?/m0/s1. The van der Waals surface area contributed by atoms with E-state index in [0.29, 0.717) is 23.5 Å². The van der Waals surface area contributed by atoms with Crippen LogP contribution in [0.1, 0.15) is 32.1 Å². The Labute approximate surface area is 148 Å². The molecule has 8 heteroatoms. The predicted molar refractivity (Wildman–Crippen MR) is 93.8 cm³/mol. The Morgan fingerprint density at radius 2 is 2.00 bits per heavy atom. The molecule has 0 aliphatic carbocycles. The van der Waals surface area contributed by atoms with Gasteiger partial charge in [0.05, 0.1) is 20.3 Å². The molecule has 0 aromatic heterocycles. The molecule has 1 unspecified atom stereocenters. The molecule has 1 aromatic carbocycles. The minimum absolute atomic E-state index is 0.216. The Hall–Kier alpha value is -2.22. The van der Waals surface area contributed by atoms with Gasteiger partial charge in [0.15, 0.2) is 18.1 Å². The molecule has 1 fully saturated rings. The van der Waals surface area contributed by atoms with Gasteiger partial charge >= 0.3 is 5.97 Å². The molecule has 1 amide bonds. The molecule has 0 spiro atoms. The Balaban J connectivity index is 2.48. The maximum atomic E-state index is 12.3. The van der Waals surface area contributed by atoms with E-state index in [4.69, 9.17) is 14.2 Å².